The lowest BCUT2D eigenvalue weighted by molar-refractivity contribution is 0.102. The summed E-state index contributed by atoms with van der Waals surface area (Å²) in [5.41, 5.74) is 1.77. The third kappa shape index (κ3) is 3.11. The molecule has 0 aliphatic rings. The summed E-state index contributed by atoms with van der Waals surface area (Å²) in [7, 11) is 0. The lowest BCUT2D eigenvalue weighted by Gasteiger charge is -2.06. The monoisotopic (exact) mass is 299 g/mol. The number of hydrogen-bond acceptors (Lipinski definition) is 4. The molecule has 1 amide bonds. The van der Waals surface area contributed by atoms with Crippen molar-refractivity contribution in [3.8, 4) is 10.6 Å². The Hall–Kier alpha value is -2.60. The van der Waals surface area contributed by atoms with Crippen molar-refractivity contribution in [3.63, 3.8) is 0 Å². The minimum Gasteiger partial charge on any atom is -0.322 e. The number of hydrogen-bond donors (Lipinski definition) is 1. The molecule has 0 radical (unpaired) electrons. The van der Waals surface area contributed by atoms with Gasteiger partial charge >= 0.3 is 0 Å². The molecule has 1 N–H and O–H groups in total. The Morgan fingerprint density at radius 3 is 2.81 bits per heavy atom. The van der Waals surface area contributed by atoms with Crippen molar-refractivity contribution < 1.29 is 9.18 Å². The van der Waals surface area contributed by atoms with Gasteiger partial charge in [-0.05, 0) is 18.2 Å². The average molecular weight is 299 g/mol. The van der Waals surface area contributed by atoms with Crippen LogP contribution in [0, 0.1) is 5.95 Å². The number of pyridine rings is 1. The number of carbonyl (C=O) groups excluding carboxylic acids is 1. The van der Waals surface area contributed by atoms with Gasteiger partial charge in [0, 0.05) is 40.7 Å². The van der Waals surface area contributed by atoms with Gasteiger partial charge in [-0.25, -0.2) is 9.97 Å². The van der Waals surface area contributed by atoms with Gasteiger partial charge in [0.25, 0.3) is 5.91 Å². The van der Waals surface area contributed by atoms with Gasteiger partial charge in [0.05, 0.1) is 0 Å². The first kappa shape index (κ1) is 13.4. The minimum atomic E-state index is -0.681. The number of anilines is 1. The van der Waals surface area contributed by atoms with E-state index < -0.39 is 5.95 Å². The van der Waals surface area contributed by atoms with Crippen LogP contribution in [-0.2, 0) is 0 Å². The van der Waals surface area contributed by atoms with Gasteiger partial charge in [0.2, 0.25) is 5.95 Å². The zero-order chi connectivity index (χ0) is 14.7. The molecule has 1 aromatic carbocycles. The Morgan fingerprint density at radius 1 is 1.14 bits per heavy atom. The van der Waals surface area contributed by atoms with Gasteiger partial charge in [0.1, 0.15) is 5.01 Å². The van der Waals surface area contributed by atoms with Crippen LogP contribution in [0.4, 0.5) is 10.1 Å². The molecule has 0 saturated heterocycles. The highest BCUT2D eigenvalue weighted by Gasteiger charge is 2.08. The molecule has 3 aromatic rings. The second-order valence-electron chi connectivity index (χ2n) is 4.24. The Kier molecular flexibility index (Phi) is 3.70. The molecule has 0 unspecified atom stereocenters. The molecule has 0 bridgehead atoms. The first-order chi connectivity index (χ1) is 10.2. The van der Waals surface area contributed by atoms with Crippen molar-refractivity contribution in [2.45, 2.75) is 0 Å². The number of rotatable bonds is 3. The van der Waals surface area contributed by atoms with E-state index in [4.69, 9.17) is 0 Å². The molecule has 104 valence electrons. The predicted molar refractivity (Wildman–Crippen MR) is 79.7 cm³/mol. The van der Waals surface area contributed by atoms with E-state index >= 15 is 0 Å². The van der Waals surface area contributed by atoms with Crippen LogP contribution in [0.3, 0.4) is 0 Å². The van der Waals surface area contributed by atoms with Gasteiger partial charge in [-0.1, -0.05) is 12.1 Å². The topological polar surface area (TPSA) is 54.9 Å². The number of thiazole rings is 1. The van der Waals surface area contributed by atoms with Crippen LogP contribution in [0.15, 0.2) is 54.2 Å². The molecule has 0 aliphatic heterocycles. The van der Waals surface area contributed by atoms with E-state index in [0.29, 0.717) is 5.69 Å². The van der Waals surface area contributed by atoms with Crippen LogP contribution >= 0.6 is 11.3 Å². The fourth-order valence-corrected chi connectivity index (χ4v) is 2.48. The number of nitrogens with zero attached hydrogens (tertiary/aromatic N) is 2. The summed E-state index contributed by atoms with van der Waals surface area (Å²) >= 11 is 1.52. The van der Waals surface area contributed by atoms with Gasteiger partial charge in [-0.2, -0.15) is 4.39 Å². The Labute approximate surface area is 124 Å². The van der Waals surface area contributed by atoms with Crippen molar-refractivity contribution in [2.75, 3.05) is 5.32 Å². The van der Waals surface area contributed by atoms with Gasteiger partial charge in [-0.15, -0.1) is 11.3 Å². The maximum Gasteiger partial charge on any atom is 0.255 e. The molecule has 0 fully saturated rings. The van der Waals surface area contributed by atoms with Crippen LogP contribution in [0.2, 0.25) is 0 Å². The fraction of sp³-hybridized carbons (Fsp3) is 0. The highest BCUT2D eigenvalue weighted by Crippen LogP contribution is 2.24. The SMILES string of the molecule is O=C(Nc1cccc(-c2nccs2)c1)c1ccnc(F)c1. The standard InChI is InChI=1S/C15H10FN3OS/c16-13-9-10(4-5-17-13)14(20)19-12-3-1-2-11(8-12)15-18-6-7-21-15/h1-9H,(H,19,20). The smallest absolute Gasteiger partial charge is 0.255 e. The zero-order valence-electron chi connectivity index (χ0n) is 10.8. The molecule has 2 heterocycles. The molecule has 0 saturated carbocycles. The lowest BCUT2D eigenvalue weighted by Crippen LogP contribution is -2.12. The normalized spacial score (nSPS) is 10.3. The maximum absolute atomic E-state index is 13.0. The maximum atomic E-state index is 13.0. The van der Waals surface area contributed by atoms with E-state index in [0.717, 1.165) is 16.6 Å². The van der Waals surface area contributed by atoms with Crippen molar-refractivity contribution >= 4 is 22.9 Å². The van der Waals surface area contributed by atoms with E-state index in [1.165, 1.54) is 23.6 Å². The summed E-state index contributed by atoms with van der Waals surface area (Å²) in [5.74, 6) is -1.06. The molecule has 3 rings (SSSR count). The van der Waals surface area contributed by atoms with E-state index in [2.05, 4.69) is 15.3 Å². The molecule has 21 heavy (non-hydrogen) atoms. The Morgan fingerprint density at radius 2 is 2.05 bits per heavy atom. The third-order valence-electron chi connectivity index (χ3n) is 2.79. The van der Waals surface area contributed by atoms with Crippen LogP contribution in [0.25, 0.3) is 10.6 Å². The zero-order valence-corrected chi connectivity index (χ0v) is 11.6. The van der Waals surface area contributed by atoms with Crippen molar-refractivity contribution in [1.82, 2.24) is 9.97 Å². The van der Waals surface area contributed by atoms with E-state index in [1.807, 2.05) is 23.6 Å². The summed E-state index contributed by atoms with van der Waals surface area (Å²) < 4.78 is 13.0. The summed E-state index contributed by atoms with van der Waals surface area (Å²) in [4.78, 5) is 19.7. The molecule has 4 nitrogen and oxygen atoms in total. The highest BCUT2D eigenvalue weighted by molar-refractivity contribution is 7.13. The molecular weight excluding hydrogens is 289 g/mol. The summed E-state index contributed by atoms with van der Waals surface area (Å²) in [6, 6.07) is 9.91. The van der Waals surface area contributed by atoms with Crippen molar-refractivity contribution in [3.05, 3.63) is 65.7 Å². The second kappa shape index (κ2) is 5.80. The number of carbonyl (C=O) groups is 1. The van der Waals surface area contributed by atoms with E-state index in [1.54, 1.807) is 12.3 Å². The lowest BCUT2D eigenvalue weighted by atomic mass is 10.2. The van der Waals surface area contributed by atoms with Gasteiger partial charge in [-0.3, -0.25) is 4.79 Å². The number of nitrogens with one attached hydrogen (secondary N) is 1. The summed E-state index contributed by atoms with van der Waals surface area (Å²) in [6.07, 6.45) is 2.99. The average Bonchev–Trinajstić information content (AvgIpc) is 3.02. The molecule has 2 aromatic heterocycles. The van der Waals surface area contributed by atoms with Crippen LogP contribution in [0.5, 0.6) is 0 Å². The second-order valence-corrected chi connectivity index (χ2v) is 5.13. The van der Waals surface area contributed by atoms with Gasteiger partial charge < -0.3 is 5.32 Å². The number of aromatic nitrogens is 2. The highest BCUT2D eigenvalue weighted by atomic mass is 32.1. The first-order valence-corrected chi connectivity index (χ1v) is 7.03. The number of amides is 1. The summed E-state index contributed by atoms with van der Waals surface area (Å²) in [6.45, 7) is 0. The number of benzene rings is 1. The van der Waals surface area contributed by atoms with Crippen molar-refractivity contribution in [2.24, 2.45) is 0 Å². The van der Waals surface area contributed by atoms with E-state index in [-0.39, 0.29) is 11.5 Å². The first-order valence-electron chi connectivity index (χ1n) is 6.15. The minimum absolute atomic E-state index is 0.224. The molecule has 0 spiro atoms. The number of halogens is 1. The molecule has 6 heteroatoms. The van der Waals surface area contributed by atoms with Gasteiger partial charge in [0.15, 0.2) is 0 Å². The molecular formula is C15H10FN3OS. The van der Waals surface area contributed by atoms with Crippen molar-refractivity contribution in [1.29, 1.82) is 0 Å². The molecule has 0 aliphatic carbocycles. The predicted octanol–water partition coefficient (Wildman–Crippen LogP) is 3.60. The third-order valence-corrected chi connectivity index (χ3v) is 3.61. The van der Waals surface area contributed by atoms with Crippen LogP contribution in [0.1, 0.15) is 10.4 Å². The summed E-state index contributed by atoms with van der Waals surface area (Å²) in [5, 5.41) is 5.50. The molecule has 0 atom stereocenters. The van der Waals surface area contributed by atoms with Crippen LogP contribution in [-0.4, -0.2) is 15.9 Å². The Balaban J connectivity index is 1.82. The fourth-order valence-electron chi connectivity index (χ4n) is 1.84. The van der Waals surface area contributed by atoms with Crippen LogP contribution < -0.4 is 5.32 Å². The quantitative estimate of drug-likeness (QED) is 0.752. The van der Waals surface area contributed by atoms with E-state index in [9.17, 15) is 9.18 Å². The largest absolute Gasteiger partial charge is 0.322 e. The Bertz CT molecular complexity index is 774.